The lowest BCUT2D eigenvalue weighted by molar-refractivity contribution is 0.574. The third-order valence-corrected chi connectivity index (χ3v) is 7.27. The van der Waals surface area contributed by atoms with E-state index in [0.717, 1.165) is 11.5 Å². The molecular formula is C20H30O2Si2. The smallest absolute Gasteiger partial charge is 0.219 e. The SMILES string of the molecule is Cc1cccc(O[SiH2]CCCC[SiH2]Oc2cccc(C)c2C)c1C. The van der Waals surface area contributed by atoms with Crippen molar-refractivity contribution in [3.05, 3.63) is 58.7 Å². The van der Waals surface area contributed by atoms with Crippen molar-refractivity contribution in [2.24, 2.45) is 0 Å². The van der Waals surface area contributed by atoms with Crippen LogP contribution in [0.25, 0.3) is 0 Å². The summed E-state index contributed by atoms with van der Waals surface area (Å²) in [6.45, 7) is 8.58. The first-order chi connectivity index (χ1) is 11.6. The van der Waals surface area contributed by atoms with Crippen LogP contribution in [-0.4, -0.2) is 19.5 Å². The fourth-order valence-corrected chi connectivity index (χ4v) is 5.15. The molecule has 0 saturated carbocycles. The average Bonchev–Trinajstić information content (AvgIpc) is 2.57. The van der Waals surface area contributed by atoms with E-state index in [-0.39, 0.29) is 0 Å². The quantitative estimate of drug-likeness (QED) is 0.495. The largest absolute Gasteiger partial charge is 0.549 e. The summed E-state index contributed by atoms with van der Waals surface area (Å²) in [4.78, 5) is 0. The van der Waals surface area contributed by atoms with Crippen molar-refractivity contribution in [1.29, 1.82) is 0 Å². The minimum Gasteiger partial charge on any atom is -0.549 e. The summed E-state index contributed by atoms with van der Waals surface area (Å²) in [6, 6.07) is 15.2. The van der Waals surface area contributed by atoms with E-state index in [1.807, 2.05) is 0 Å². The number of benzene rings is 2. The summed E-state index contributed by atoms with van der Waals surface area (Å²) in [5.74, 6) is 2.18. The van der Waals surface area contributed by atoms with Crippen molar-refractivity contribution in [2.75, 3.05) is 0 Å². The zero-order valence-electron chi connectivity index (χ0n) is 15.5. The fraction of sp³-hybridized carbons (Fsp3) is 0.400. The molecule has 24 heavy (non-hydrogen) atoms. The van der Waals surface area contributed by atoms with Crippen LogP contribution in [0.3, 0.4) is 0 Å². The summed E-state index contributed by atoms with van der Waals surface area (Å²) in [5, 5.41) is 0. The van der Waals surface area contributed by atoms with Gasteiger partial charge < -0.3 is 8.85 Å². The molecule has 2 rings (SSSR count). The first kappa shape index (κ1) is 18.8. The van der Waals surface area contributed by atoms with Gasteiger partial charge in [0.15, 0.2) is 0 Å². The third-order valence-electron chi connectivity index (χ3n) is 4.66. The first-order valence-electron chi connectivity index (χ1n) is 8.97. The molecule has 2 aromatic rings. The zero-order valence-corrected chi connectivity index (χ0v) is 18.4. The predicted molar refractivity (Wildman–Crippen MR) is 109 cm³/mol. The van der Waals surface area contributed by atoms with Gasteiger partial charge in [0.25, 0.3) is 0 Å². The van der Waals surface area contributed by atoms with E-state index >= 15 is 0 Å². The number of unbranched alkanes of at least 4 members (excludes halogenated alkanes) is 1. The van der Waals surface area contributed by atoms with E-state index in [4.69, 9.17) is 8.85 Å². The minimum absolute atomic E-state index is 0.447. The number of hydrogen-bond donors (Lipinski definition) is 0. The molecule has 0 unspecified atom stereocenters. The Bertz CT molecular complexity index is 599. The highest BCUT2D eigenvalue weighted by atomic mass is 28.2. The Balaban J connectivity index is 1.57. The van der Waals surface area contributed by atoms with Crippen LogP contribution < -0.4 is 8.85 Å². The Labute approximate surface area is 151 Å². The number of rotatable bonds is 9. The maximum atomic E-state index is 6.04. The Kier molecular flexibility index (Phi) is 7.60. The lowest BCUT2D eigenvalue weighted by atomic mass is 10.1. The molecule has 130 valence electrons. The lowest BCUT2D eigenvalue weighted by Crippen LogP contribution is -2.05. The van der Waals surface area contributed by atoms with Crippen LogP contribution in [0, 0.1) is 27.7 Å². The van der Waals surface area contributed by atoms with E-state index < -0.39 is 19.5 Å². The highest BCUT2D eigenvalue weighted by Crippen LogP contribution is 2.21. The molecule has 0 fully saturated rings. The van der Waals surface area contributed by atoms with Crippen molar-refractivity contribution in [1.82, 2.24) is 0 Å². The standard InChI is InChI=1S/C20H30O2Si2/c1-15-9-7-11-19(17(15)3)21-23-13-5-6-14-24-22-20-12-8-10-16(2)18(20)4/h7-12H,5-6,13-14,23-24H2,1-4H3. The van der Waals surface area contributed by atoms with Gasteiger partial charge in [-0.3, -0.25) is 0 Å². The molecule has 4 heteroatoms. The molecular weight excluding hydrogens is 328 g/mol. The molecule has 0 N–H and O–H groups in total. The average molecular weight is 359 g/mol. The van der Waals surface area contributed by atoms with Gasteiger partial charge in [-0.1, -0.05) is 37.1 Å². The minimum atomic E-state index is -0.447. The number of hydrogen-bond acceptors (Lipinski definition) is 2. The molecule has 0 aliphatic carbocycles. The summed E-state index contributed by atoms with van der Waals surface area (Å²) in [6.07, 6.45) is 2.56. The monoisotopic (exact) mass is 358 g/mol. The van der Waals surface area contributed by atoms with Gasteiger partial charge in [0.1, 0.15) is 11.5 Å². The molecule has 0 bridgehead atoms. The summed E-state index contributed by atoms with van der Waals surface area (Å²) < 4.78 is 12.1. The second kappa shape index (κ2) is 9.69. The van der Waals surface area contributed by atoms with Gasteiger partial charge in [-0.25, -0.2) is 0 Å². The van der Waals surface area contributed by atoms with Crippen LogP contribution in [-0.2, 0) is 0 Å². The predicted octanol–water partition coefficient (Wildman–Crippen LogP) is 4.16. The molecule has 0 radical (unpaired) electrons. The van der Waals surface area contributed by atoms with Crippen LogP contribution in [0.15, 0.2) is 36.4 Å². The van der Waals surface area contributed by atoms with Crippen molar-refractivity contribution in [2.45, 2.75) is 52.6 Å². The highest BCUT2D eigenvalue weighted by Gasteiger charge is 2.03. The van der Waals surface area contributed by atoms with Gasteiger partial charge >= 0.3 is 0 Å². The topological polar surface area (TPSA) is 18.5 Å². The Hall–Kier alpha value is -1.53. The maximum absolute atomic E-state index is 6.04. The van der Waals surface area contributed by atoms with Crippen LogP contribution in [0.2, 0.25) is 12.1 Å². The molecule has 0 heterocycles. The van der Waals surface area contributed by atoms with Crippen molar-refractivity contribution < 1.29 is 8.85 Å². The lowest BCUT2D eigenvalue weighted by Gasteiger charge is -2.12. The van der Waals surface area contributed by atoms with Gasteiger partial charge in [0.2, 0.25) is 19.5 Å². The van der Waals surface area contributed by atoms with E-state index in [0.29, 0.717) is 0 Å². The molecule has 2 aromatic carbocycles. The molecule has 2 nitrogen and oxygen atoms in total. The Morgan fingerprint density at radius 3 is 1.50 bits per heavy atom. The van der Waals surface area contributed by atoms with Gasteiger partial charge in [-0.05, 0) is 74.2 Å². The molecule has 0 amide bonds. The van der Waals surface area contributed by atoms with Gasteiger partial charge in [-0.2, -0.15) is 0 Å². The van der Waals surface area contributed by atoms with Gasteiger partial charge in [0, 0.05) is 0 Å². The Morgan fingerprint density at radius 1 is 0.667 bits per heavy atom. The van der Waals surface area contributed by atoms with Crippen LogP contribution >= 0.6 is 0 Å². The van der Waals surface area contributed by atoms with Crippen LogP contribution in [0.1, 0.15) is 35.1 Å². The van der Waals surface area contributed by atoms with Crippen molar-refractivity contribution in [3.63, 3.8) is 0 Å². The normalized spacial score (nSPS) is 11.7. The van der Waals surface area contributed by atoms with Crippen molar-refractivity contribution in [3.8, 4) is 11.5 Å². The first-order valence-corrected chi connectivity index (χ1v) is 12.1. The fourth-order valence-electron chi connectivity index (χ4n) is 2.68. The Morgan fingerprint density at radius 2 is 1.08 bits per heavy atom. The summed E-state index contributed by atoms with van der Waals surface area (Å²) in [7, 11) is -0.893. The second-order valence-corrected chi connectivity index (χ2v) is 9.32. The van der Waals surface area contributed by atoms with Crippen LogP contribution in [0.5, 0.6) is 11.5 Å². The summed E-state index contributed by atoms with van der Waals surface area (Å²) >= 11 is 0. The van der Waals surface area contributed by atoms with E-state index in [9.17, 15) is 0 Å². The van der Waals surface area contributed by atoms with E-state index in [1.165, 1.54) is 47.2 Å². The molecule has 0 atom stereocenters. The maximum Gasteiger partial charge on any atom is 0.219 e. The zero-order chi connectivity index (χ0) is 17.4. The van der Waals surface area contributed by atoms with E-state index in [1.54, 1.807) is 0 Å². The number of aryl methyl sites for hydroxylation is 2. The van der Waals surface area contributed by atoms with Gasteiger partial charge in [0.05, 0.1) is 0 Å². The van der Waals surface area contributed by atoms with Crippen molar-refractivity contribution >= 4 is 19.5 Å². The summed E-state index contributed by atoms with van der Waals surface area (Å²) in [5.41, 5.74) is 5.21. The molecule has 0 aromatic heterocycles. The van der Waals surface area contributed by atoms with Crippen LogP contribution in [0.4, 0.5) is 0 Å². The van der Waals surface area contributed by atoms with E-state index in [2.05, 4.69) is 64.1 Å². The second-order valence-electron chi connectivity index (χ2n) is 6.51. The molecule has 0 aliphatic rings. The molecule has 0 aliphatic heterocycles. The third kappa shape index (κ3) is 5.53. The highest BCUT2D eigenvalue weighted by molar-refractivity contribution is 6.29. The molecule has 0 saturated heterocycles. The van der Waals surface area contributed by atoms with Gasteiger partial charge in [-0.15, -0.1) is 0 Å². The molecule has 0 spiro atoms.